The first-order valence-electron chi connectivity index (χ1n) is 8.18. The molecule has 0 amide bonds. The number of carbonyl (C=O) groups excluding carboxylic acids is 2. The van der Waals surface area contributed by atoms with Crippen LogP contribution in [-0.4, -0.2) is 26.7 Å². The number of hydrogen-bond donors (Lipinski definition) is 3. The largest absolute Gasteiger partial charge is 0.507 e. The zero-order valence-electron chi connectivity index (χ0n) is 14.2. The van der Waals surface area contributed by atoms with Gasteiger partial charge in [0.15, 0.2) is 11.6 Å². The Morgan fingerprint density at radius 2 is 1.57 bits per heavy atom. The Hall–Kier alpha value is -4.20. The zero-order chi connectivity index (χ0) is 20.0. The molecule has 3 aromatic carbocycles. The number of nitro benzene ring substituents is 1. The number of carbonyl (C=O) groups is 2. The van der Waals surface area contributed by atoms with Gasteiger partial charge in [0.1, 0.15) is 5.75 Å². The van der Waals surface area contributed by atoms with Gasteiger partial charge in [0.05, 0.1) is 33.4 Å². The highest BCUT2D eigenvalue weighted by atomic mass is 16.6. The number of hydrogen-bond acceptors (Lipinski definition) is 7. The van der Waals surface area contributed by atoms with Gasteiger partial charge in [-0.05, 0) is 18.2 Å². The number of para-hydroxylation sites is 1. The van der Waals surface area contributed by atoms with Crippen molar-refractivity contribution >= 4 is 28.6 Å². The Morgan fingerprint density at radius 1 is 0.857 bits per heavy atom. The van der Waals surface area contributed by atoms with Crippen molar-refractivity contribution in [2.45, 2.75) is 0 Å². The van der Waals surface area contributed by atoms with Crippen molar-refractivity contribution in [3.63, 3.8) is 0 Å². The van der Waals surface area contributed by atoms with E-state index in [1.807, 2.05) is 6.07 Å². The van der Waals surface area contributed by atoms with Gasteiger partial charge in [-0.2, -0.15) is 0 Å². The van der Waals surface area contributed by atoms with E-state index in [0.717, 1.165) is 0 Å². The maximum atomic E-state index is 13.1. The molecule has 0 fully saturated rings. The summed E-state index contributed by atoms with van der Waals surface area (Å²) in [5.41, 5.74) is -0.855. The quantitative estimate of drug-likeness (QED) is 0.283. The Kier molecular flexibility index (Phi) is 3.82. The number of nitrogens with zero attached hydrogens (tertiary/aromatic N) is 1. The van der Waals surface area contributed by atoms with E-state index in [1.54, 1.807) is 36.4 Å². The summed E-state index contributed by atoms with van der Waals surface area (Å²) >= 11 is 0. The lowest BCUT2D eigenvalue weighted by molar-refractivity contribution is -0.386. The number of ketones is 2. The number of benzene rings is 3. The number of phenols is 2. The summed E-state index contributed by atoms with van der Waals surface area (Å²) in [6.45, 7) is 0. The third kappa shape index (κ3) is 2.47. The molecule has 0 spiro atoms. The van der Waals surface area contributed by atoms with Gasteiger partial charge in [0, 0.05) is 11.3 Å². The highest BCUT2D eigenvalue weighted by molar-refractivity contribution is 6.32. The maximum absolute atomic E-state index is 13.1. The van der Waals surface area contributed by atoms with Crippen LogP contribution in [0.2, 0.25) is 0 Å². The van der Waals surface area contributed by atoms with Gasteiger partial charge >= 0.3 is 5.69 Å². The van der Waals surface area contributed by atoms with Crippen molar-refractivity contribution in [2.75, 3.05) is 5.32 Å². The second kappa shape index (κ2) is 6.20. The van der Waals surface area contributed by atoms with Crippen molar-refractivity contribution in [1.29, 1.82) is 0 Å². The van der Waals surface area contributed by atoms with Crippen molar-refractivity contribution in [3.05, 3.63) is 87.0 Å². The summed E-state index contributed by atoms with van der Waals surface area (Å²) in [5.74, 6) is -3.18. The Morgan fingerprint density at radius 3 is 2.25 bits per heavy atom. The minimum absolute atomic E-state index is 0.0198. The van der Waals surface area contributed by atoms with Crippen molar-refractivity contribution < 1.29 is 24.7 Å². The Bertz CT molecular complexity index is 1170. The highest BCUT2D eigenvalue weighted by Gasteiger charge is 2.39. The Balaban J connectivity index is 1.93. The average Bonchev–Trinajstić information content (AvgIpc) is 2.68. The molecule has 3 aromatic rings. The normalized spacial score (nSPS) is 12.3. The SMILES string of the molecule is O=C1c2c(Nc3ccccc3)cccc2C(=O)c2c(O)c([N+](=O)[O-])cc(O)c21. The second-order valence-electron chi connectivity index (χ2n) is 6.15. The summed E-state index contributed by atoms with van der Waals surface area (Å²) in [6.07, 6.45) is 0. The number of phenolic OH excluding ortho intramolecular Hbond substituents is 2. The minimum atomic E-state index is -0.941. The third-order valence-corrected chi connectivity index (χ3v) is 4.50. The zero-order valence-corrected chi connectivity index (χ0v) is 14.2. The molecule has 0 aromatic heterocycles. The molecular weight excluding hydrogens is 364 g/mol. The molecule has 4 rings (SSSR count). The van der Waals surface area contributed by atoms with Crippen LogP contribution in [0.1, 0.15) is 31.8 Å². The standard InChI is InChI=1S/C20H12N2O6/c23-14-9-13(22(27)28)19(25)17-16(14)20(26)15-11(18(17)24)7-4-8-12(15)21-10-5-2-1-3-6-10/h1-9,21,23,25H. The molecule has 0 aliphatic heterocycles. The van der Waals surface area contributed by atoms with Crippen LogP contribution >= 0.6 is 0 Å². The molecule has 0 radical (unpaired) electrons. The summed E-state index contributed by atoms with van der Waals surface area (Å²) in [6, 6.07) is 14.2. The van der Waals surface area contributed by atoms with E-state index < -0.39 is 44.8 Å². The first kappa shape index (κ1) is 17.2. The van der Waals surface area contributed by atoms with Crippen LogP contribution < -0.4 is 5.32 Å². The summed E-state index contributed by atoms with van der Waals surface area (Å²) in [7, 11) is 0. The molecule has 0 saturated heterocycles. The summed E-state index contributed by atoms with van der Waals surface area (Å²) < 4.78 is 0. The van der Waals surface area contributed by atoms with E-state index in [4.69, 9.17) is 0 Å². The molecule has 0 saturated carbocycles. The van der Waals surface area contributed by atoms with Gasteiger partial charge in [-0.1, -0.05) is 30.3 Å². The first-order chi connectivity index (χ1) is 13.4. The summed E-state index contributed by atoms with van der Waals surface area (Å²) in [4.78, 5) is 36.2. The van der Waals surface area contributed by atoms with Crippen LogP contribution in [0.15, 0.2) is 54.6 Å². The molecule has 0 atom stereocenters. The van der Waals surface area contributed by atoms with Crippen molar-refractivity contribution in [1.82, 2.24) is 0 Å². The summed E-state index contributed by atoms with van der Waals surface area (Å²) in [5, 5.41) is 34.5. The van der Waals surface area contributed by atoms with Gasteiger partial charge in [-0.15, -0.1) is 0 Å². The predicted octanol–water partition coefficient (Wildman–Crippen LogP) is 3.53. The monoisotopic (exact) mass is 376 g/mol. The molecule has 0 bridgehead atoms. The molecule has 8 nitrogen and oxygen atoms in total. The number of nitro groups is 1. The van der Waals surface area contributed by atoms with E-state index >= 15 is 0 Å². The molecule has 0 heterocycles. The number of aromatic hydroxyl groups is 2. The van der Waals surface area contributed by atoms with Crippen molar-refractivity contribution in [2.24, 2.45) is 0 Å². The fraction of sp³-hybridized carbons (Fsp3) is 0. The Labute approximate surface area is 157 Å². The number of fused-ring (bicyclic) bond motifs is 2. The van der Waals surface area contributed by atoms with Gasteiger partial charge in [0.25, 0.3) is 0 Å². The van der Waals surface area contributed by atoms with Gasteiger partial charge in [-0.25, -0.2) is 0 Å². The third-order valence-electron chi connectivity index (χ3n) is 4.50. The smallest absolute Gasteiger partial charge is 0.315 e. The predicted molar refractivity (Wildman–Crippen MR) is 99.5 cm³/mol. The van der Waals surface area contributed by atoms with Gasteiger partial charge < -0.3 is 15.5 Å². The molecule has 3 N–H and O–H groups in total. The molecule has 1 aliphatic carbocycles. The number of nitrogens with one attached hydrogen (secondary N) is 1. The highest BCUT2D eigenvalue weighted by Crippen LogP contribution is 2.44. The molecule has 1 aliphatic rings. The van der Waals surface area contributed by atoms with E-state index in [1.165, 1.54) is 6.07 Å². The van der Waals surface area contributed by atoms with Crippen molar-refractivity contribution in [3.8, 4) is 11.5 Å². The fourth-order valence-electron chi connectivity index (χ4n) is 3.26. The molecule has 0 unspecified atom stereocenters. The molecule has 138 valence electrons. The van der Waals surface area contributed by atoms with E-state index in [0.29, 0.717) is 17.4 Å². The van der Waals surface area contributed by atoms with E-state index in [-0.39, 0.29) is 11.1 Å². The van der Waals surface area contributed by atoms with Crippen LogP contribution in [0.4, 0.5) is 17.1 Å². The number of rotatable bonds is 3. The van der Waals surface area contributed by atoms with Gasteiger partial charge in [-0.3, -0.25) is 19.7 Å². The second-order valence-corrected chi connectivity index (χ2v) is 6.15. The van der Waals surface area contributed by atoms with Crippen LogP contribution in [0.5, 0.6) is 11.5 Å². The lowest BCUT2D eigenvalue weighted by atomic mass is 9.82. The fourth-order valence-corrected chi connectivity index (χ4v) is 3.26. The minimum Gasteiger partial charge on any atom is -0.507 e. The average molecular weight is 376 g/mol. The maximum Gasteiger partial charge on any atom is 0.315 e. The lowest BCUT2D eigenvalue weighted by Gasteiger charge is -2.22. The van der Waals surface area contributed by atoms with E-state index in [9.17, 15) is 29.9 Å². The van der Waals surface area contributed by atoms with Crippen LogP contribution in [0.25, 0.3) is 0 Å². The topological polar surface area (TPSA) is 130 Å². The van der Waals surface area contributed by atoms with Crippen LogP contribution in [0.3, 0.4) is 0 Å². The number of anilines is 2. The lowest BCUT2D eigenvalue weighted by Crippen LogP contribution is -2.23. The van der Waals surface area contributed by atoms with Crippen LogP contribution in [0, 0.1) is 10.1 Å². The van der Waals surface area contributed by atoms with Crippen LogP contribution in [-0.2, 0) is 0 Å². The molecule has 28 heavy (non-hydrogen) atoms. The first-order valence-corrected chi connectivity index (χ1v) is 8.18. The molecule has 8 heteroatoms. The molecular formula is C20H12N2O6. The van der Waals surface area contributed by atoms with E-state index in [2.05, 4.69) is 5.32 Å². The van der Waals surface area contributed by atoms with Gasteiger partial charge in [0.2, 0.25) is 5.75 Å².